The molecule has 2 aliphatic heterocycles. The van der Waals surface area contributed by atoms with E-state index in [0.717, 1.165) is 37.4 Å². The van der Waals surface area contributed by atoms with Gasteiger partial charge in [0.1, 0.15) is 5.82 Å². The zero-order chi connectivity index (χ0) is 30.1. The van der Waals surface area contributed by atoms with Crippen molar-refractivity contribution in [2.75, 3.05) is 29.3 Å². The van der Waals surface area contributed by atoms with E-state index in [1.165, 1.54) is 37.5 Å². The maximum Gasteiger partial charge on any atom is 0.261 e. The second kappa shape index (κ2) is 12.0. The van der Waals surface area contributed by atoms with Gasteiger partial charge < -0.3 is 14.8 Å². The third-order valence-electron chi connectivity index (χ3n) is 8.88. The molecular weight excluding hydrogens is 567 g/mol. The van der Waals surface area contributed by atoms with E-state index in [0.29, 0.717) is 37.4 Å². The number of pyridine rings is 1. The third-order valence-corrected chi connectivity index (χ3v) is 10.2. The molecule has 1 amide bonds. The van der Waals surface area contributed by atoms with E-state index in [4.69, 9.17) is 0 Å². The summed E-state index contributed by atoms with van der Waals surface area (Å²) in [6, 6.07) is 14.2. The van der Waals surface area contributed by atoms with Crippen LogP contribution in [-0.4, -0.2) is 38.5 Å². The summed E-state index contributed by atoms with van der Waals surface area (Å²) in [6.45, 7) is 3.88. The molecule has 1 aromatic heterocycles. The van der Waals surface area contributed by atoms with Crippen LogP contribution in [0.25, 0.3) is 0 Å². The summed E-state index contributed by atoms with van der Waals surface area (Å²) in [6.07, 6.45) is 8.55. The molecular formula is C33H37FN4O4S. The molecule has 3 aromatic rings. The summed E-state index contributed by atoms with van der Waals surface area (Å²) < 4.78 is 45.6. The number of hydrogen-bond acceptors (Lipinski definition) is 5. The molecule has 2 atom stereocenters. The zero-order valence-corrected chi connectivity index (χ0v) is 25.1. The van der Waals surface area contributed by atoms with Gasteiger partial charge in [-0.2, -0.15) is 0 Å². The highest BCUT2D eigenvalue weighted by Crippen LogP contribution is 2.40. The van der Waals surface area contributed by atoms with Crippen molar-refractivity contribution < 1.29 is 17.6 Å². The van der Waals surface area contributed by atoms with Crippen molar-refractivity contribution in [3.05, 3.63) is 99.2 Å². The van der Waals surface area contributed by atoms with Gasteiger partial charge in [-0.25, -0.2) is 12.8 Å². The minimum absolute atomic E-state index is 0.00108. The second-order valence-electron chi connectivity index (χ2n) is 12.0. The number of carbonyl (C=O) groups is 1. The number of benzene rings is 2. The first-order valence-corrected chi connectivity index (χ1v) is 16.5. The van der Waals surface area contributed by atoms with E-state index < -0.39 is 15.8 Å². The van der Waals surface area contributed by atoms with Gasteiger partial charge in [0, 0.05) is 49.4 Å². The number of nitrogens with one attached hydrogen (secondary N) is 2. The summed E-state index contributed by atoms with van der Waals surface area (Å²) in [5.74, 6) is -0.429. The first-order valence-electron chi connectivity index (χ1n) is 15.0. The number of carbonyl (C=O) groups excluding carboxylic acids is 1. The SMILES string of the molecule is Cc1cc(S(=O)(=O)Nc2cc(C(=O)NCCC3=CCCCC3)ccc2N2CC3CC(C2)c2cccc(=O)n2C3)ccc1F. The largest absolute Gasteiger partial charge is 0.369 e. The number of fused-ring (bicyclic) bond motifs is 4. The molecule has 2 aromatic carbocycles. The number of anilines is 2. The van der Waals surface area contributed by atoms with Crippen molar-refractivity contribution in [3.63, 3.8) is 0 Å². The molecule has 3 aliphatic rings. The highest BCUT2D eigenvalue weighted by molar-refractivity contribution is 7.92. The predicted molar refractivity (Wildman–Crippen MR) is 166 cm³/mol. The molecule has 226 valence electrons. The lowest BCUT2D eigenvalue weighted by Crippen LogP contribution is -2.47. The lowest BCUT2D eigenvalue weighted by molar-refractivity contribution is 0.0954. The molecule has 0 radical (unpaired) electrons. The van der Waals surface area contributed by atoms with Crippen molar-refractivity contribution in [1.82, 2.24) is 9.88 Å². The Bertz CT molecular complexity index is 1750. The minimum atomic E-state index is -4.09. The zero-order valence-electron chi connectivity index (χ0n) is 24.3. The number of rotatable bonds is 8. The summed E-state index contributed by atoms with van der Waals surface area (Å²) in [5, 5.41) is 2.98. The Hall–Kier alpha value is -3.92. The van der Waals surface area contributed by atoms with Crippen LogP contribution in [0, 0.1) is 18.7 Å². The van der Waals surface area contributed by atoms with Gasteiger partial charge in [-0.05, 0) is 99.4 Å². The van der Waals surface area contributed by atoms with Gasteiger partial charge in [0.15, 0.2) is 0 Å². The van der Waals surface area contributed by atoms with Crippen LogP contribution in [0.3, 0.4) is 0 Å². The molecule has 0 saturated carbocycles. The first-order chi connectivity index (χ1) is 20.7. The van der Waals surface area contributed by atoms with E-state index in [1.807, 2.05) is 10.6 Å². The first kappa shape index (κ1) is 29.2. The van der Waals surface area contributed by atoms with E-state index in [1.54, 1.807) is 30.3 Å². The average molecular weight is 605 g/mol. The Balaban J connectivity index is 1.29. The number of hydrogen-bond donors (Lipinski definition) is 2. The Morgan fingerprint density at radius 2 is 1.91 bits per heavy atom. The van der Waals surface area contributed by atoms with Gasteiger partial charge in [0.2, 0.25) is 0 Å². The molecule has 2 unspecified atom stereocenters. The van der Waals surface area contributed by atoms with Crippen molar-refractivity contribution in [3.8, 4) is 0 Å². The molecule has 2 bridgehead atoms. The highest BCUT2D eigenvalue weighted by Gasteiger charge is 2.35. The maximum absolute atomic E-state index is 13.9. The van der Waals surface area contributed by atoms with Crippen LogP contribution < -0.4 is 20.5 Å². The number of amides is 1. The summed E-state index contributed by atoms with van der Waals surface area (Å²) in [5.41, 5.74) is 3.87. The van der Waals surface area contributed by atoms with E-state index in [2.05, 4.69) is 21.0 Å². The summed E-state index contributed by atoms with van der Waals surface area (Å²) in [4.78, 5) is 27.8. The van der Waals surface area contributed by atoms with Gasteiger partial charge >= 0.3 is 0 Å². The van der Waals surface area contributed by atoms with Crippen LogP contribution in [0.15, 0.2) is 75.9 Å². The molecule has 1 saturated heterocycles. The molecule has 0 spiro atoms. The summed E-state index contributed by atoms with van der Waals surface area (Å²) >= 11 is 0. The van der Waals surface area contributed by atoms with Gasteiger partial charge in [-0.15, -0.1) is 0 Å². The number of piperidine rings is 1. The van der Waals surface area contributed by atoms with E-state index in [9.17, 15) is 22.4 Å². The normalized spacial score (nSPS) is 19.8. The third kappa shape index (κ3) is 6.25. The molecule has 10 heteroatoms. The number of aryl methyl sites for hydroxylation is 1. The molecule has 3 heterocycles. The van der Waals surface area contributed by atoms with Crippen LogP contribution >= 0.6 is 0 Å². The van der Waals surface area contributed by atoms with Gasteiger partial charge in [-0.1, -0.05) is 17.7 Å². The van der Waals surface area contributed by atoms with Crippen LogP contribution in [0.1, 0.15) is 66.1 Å². The van der Waals surface area contributed by atoms with Gasteiger partial charge in [-0.3, -0.25) is 14.3 Å². The lowest BCUT2D eigenvalue weighted by Gasteiger charge is -2.44. The molecule has 1 aliphatic carbocycles. The van der Waals surface area contributed by atoms with Crippen molar-refractivity contribution >= 4 is 27.3 Å². The number of allylic oxidation sites excluding steroid dienone is 1. The minimum Gasteiger partial charge on any atom is -0.369 e. The monoisotopic (exact) mass is 604 g/mol. The number of nitrogens with zero attached hydrogens (tertiary/aromatic N) is 2. The number of halogens is 1. The molecule has 6 rings (SSSR count). The van der Waals surface area contributed by atoms with E-state index in [-0.39, 0.29) is 39.4 Å². The smallest absolute Gasteiger partial charge is 0.261 e. The Kier molecular flexibility index (Phi) is 8.13. The number of aromatic nitrogens is 1. The van der Waals surface area contributed by atoms with Crippen LogP contribution in [0.5, 0.6) is 0 Å². The van der Waals surface area contributed by atoms with Crippen molar-refractivity contribution in [2.45, 2.75) is 62.8 Å². The van der Waals surface area contributed by atoms with Crippen LogP contribution in [0.4, 0.5) is 15.8 Å². The molecule has 1 fully saturated rings. The number of sulfonamides is 1. The standard InChI is InChI=1S/C33H37FN4O4S/c1-22-16-27(11-12-28(22)34)43(41,42)36-29-18-25(33(40)35-15-14-23-6-3-2-4-7-23)10-13-31(29)37-19-24-17-26(21-37)30-8-5-9-32(39)38(30)20-24/h5-6,8-13,16,18,24,26,36H,2-4,7,14-15,17,19-21H2,1H3,(H,35,40). The topological polar surface area (TPSA) is 101 Å². The Morgan fingerprint density at radius 1 is 1.05 bits per heavy atom. The maximum atomic E-state index is 13.9. The van der Waals surface area contributed by atoms with Gasteiger partial charge in [0.25, 0.3) is 21.5 Å². The second-order valence-corrected chi connectivity index (χ2v) is 13.6. The van der Waals surface area contributed by atoms with Gasteiger partial charge in [0.05, 0.1) is 16.3 Å². The quantitative estimate of drug-likeness (QED) is 0.338. The summed E-state index contributed by atoms with van der Waals surface area (Å²) in [7, 11) is -4.09. The van der Waals surface area contributed by atoms with Crippen LogP contribution in [-0.2, 0) is 16.6 Å². The fraction of sp³-hybridized carbons (Fsp3) is 0.394. The fourth-order valence-corrected chi connectivity index (χ4v) is 7.84. The fourth-order valence-electron chi connectivity index (χ4n) is 6.69. The van der Waals surface area contributed by atoms with E-state index >= 15 is 0 Å². The highest BCUT2D eigenvalue weighted by atomic mass is 32.2. The Labute approximate surface area is 251 Å². The van der Waals surface area contributed by atoms with Crippen molar-refractivity contribution in [1.29, 1.82) is 0 Å². The molecule has 8 nitrogen and oxygen atoms in total. The average Bonchev–Trinajstić information content (AvgIpc) is 2.99. The lowest BCUT2D eigenvalue weighted by atomic mass is 9.83. The van der Waals surface area contributed by atoms with Crippen LogP contribution in [0.2, 0.25) is 0 Å². The Morgan fingerprint density at radius 3 is 2.70 bits per heavy atom. The molecule has 2 N–H and O–H groups in total. The van der Waals surface area contributed by atoms with Crippen molar-refractivity contribution in [2.24, 2.45) is 5.92 Å². The predicted octanol–water partition coefficient (Wildman–Crippen LogP) is 5.34. The molecule has 43 heavy (non-hydrogen) atoms.